The lowest BCUT2D eigenvalue weighted by Crippen LogP contribution is -2.30. The fraction of sp³-hybridized carbons (Fsp3) is 0.833. The summed E-state index contributed by atoms with van der Waals surface area (Å²) in [4.78, 5) is 0. The van der Waals surface area contributed by atoms with Gasteiger partial charge in [-0.3, -0.25) is 0 Å². The second-order valence-corrected chi connectivity index (χ2v) is 4.49. The first kappa shape index (κ1) is 10.8. The Morgan fingerprint density at radius 1 is 1.54 bits per heavy atom. The van der Waals surface area contributed by atoms with Crippen LogP contribution in [-0.2, 0) is 0 Å². The Morgan fingerprint density at radius 3 is 2.69 bits per heavy atom. The molecule has 0 aromatic carbocycles. The van der Waals surface area contributed by atoms with Gasteiger partial charge in [-0.05, 0) is 38.6 Å². The Labute approximate surface area is 82.6 Å². The van der Waals surface area contributed by atoms with Gasteiger partial charge in [-0.15, -0.1) is 6.58 Å². The van der Waals surface area contributed by atoms with E-state index in [0.29, 0.717) is 6.04 Å². The SMILES string of the molecule is C=C(C)CC(CC1CC1)NCCC. The van der Waals surface area contributed by atoms with Crippen molar-refractivity contribution >= 4 is 0 Å². The van der Waals surface area contributed by atoms with E-state index in [0.717, 1.165) is 18.9 Å². The van der Waals surface area contributed by atoms with Crippen molar-refractivity contribution in [1.29, 1.82) is 0 Å². The first-order chi connectivity index (χ1) is 6.22. The molecule has 1 aliphatic rings. The van der Waals surface area contributed by atoms with Gasteiger partial charge >= 0.3 is 0 Å². The lowest BCUT2D eigenvalue weighted by Gasteiger charge is -2.18. The molecule has 76 valence electrons. The summed E-state index contributed by atoms with van der Waals surface area (Å²) in [5.41, 5.74) is 1.31. The average Bonchev–Trinajstić information content (AvgIpc) is 2.83. The number of rotatable bonds is 7. The molecular weight excluding hydrogens is 158 g/mol. The molecule has 1 N–H and O–H groups in total. The van der Waals surface area contributed by atoms with Gasteiger partial charge in [0.15, 0.2) is 0 Å². The largest absolute Gasteiger partial charge is 0.314 e. The van der Waals surface area contributed by atoms with Crippen molar-refractivity contribution < 1.29 is 0 Å². The molecule has 0 amide bonds. The molecule has 1 aliphatic carbocycles. The minimum atomic E-state index is 0.699. The summed E-state index contributed by atoms with van der Waals surface area (Å²) in [6.45, 7) is 9.50. The van der Waals surface area contributed by atoms with Gasteiger partial charge in [0.25, 0.3) is 0 Å². The summed E-state index contributed by atoms with van der Waals surface area (Å²) < 4.78 is 0. The molecule has 1 atom stereocenters. The molecule has 0 bridgehead atoms. The summed E-state index contributed by atoms with van der Waals surface area (Å²) >= 11 is 0. The highest BCUT2D eigenvalue weighted by Crippen LogP contribution is 2.34. The minimum Gasteiger partial charge on any atom is -0.314 e. The molecule has 1 heteroatoms. The maximum absolute atomic E-state index is 3.99. The van der Waals surface area contributed by atoms with Crippen LogP contribution < -0.4 is 5.32 Å². The van der Waals surface area contributed by atoms with Gasteiger partial charge in [0.05, 0.1) is 0 Å². The van der Waals surface area contributed by atoms with Crippen molar-refractivity contribution in [2.24, 2.45) is 5.92 Å². The maximum atomic E-state index is 3.99. The zero-order valence-corrected chi connectivity index (χ0v) is 9.10. The van der Waals surface area contributed by atoms with Crippen molar-refractivity contribution in [1.82, 2.24) is 5.32 Å². The third kappa shape index (κ3) is 5.09. The second kappa shape index (κ2) is 5.43. The smallest absolute Gasteiger partial charge is 0.0107 e. The summed E-state index contributed by atoms with van der Waals surface area (Å²) in [6.07, 6.45) is 6.68. The van der Waals surface area contributed by atoms with Crippen LogP contribution >= 0.6 is 0 Å². The van der Waals surface area contributed by atoms with Gasteiger partial charge in [0, 0.05) is 6.04 Å². The summed E-state index contributed by atoms with van der Waals surface area (Å²) in [6, 6.07) is 0.699. The Bertz CT molecular complexity index is 159. The maximum Gasteiger partial charge on any atom is 0.0107 e. The highest BCUT2D eigenvalue weighted by Gasteiger charge is 2.24. The molecule has 1 fully saturated rings. The van der Waals surface area contributed by atoms with E-state index in [4.69, 9.17) is 0 Å². The first-order valence-electron chi connectivity index (χ1n) is 5.60. The predicted molar refractivity (Wildman–Crippen MR) is 58.9 cm³/mol. The Kier molecular flexibility index (Phi) is 4.51. The fourth-order valence-corrected chi connectivity index (χ4v) is 1.76. The van der Waals surface area contributed by atoms with Crippen molar-refractivity contribution in [2.75, 3.05) is 6.54 Å². The number of nitrogens with one attached hydrogen (secondary N) is 1. The third-order valence-corrected chi connectivity index (χ3v) is 2.59. The molecule has 0 aromatic rings. The van der Waals surface area contributed by atoms with Gasteiger partial charge < -0.3 is 5.32 Å². The van der Waals surface area contributed by atoms with E-state index in [1.165, 1.54) is 31.3 Å². The molecule has 0 aliphatic heterocycles. The fourth-order valence-electron chi connectivity index (χ4n) is 1.76. The summed E-state index contributed by atoms with van der Waals surface area (Å²) in [5, 5.41) is 3.61. The van der Waals surface area contributed by atoms with Gasteiger partial charge in [0.2, 0.25) is 0 Å². The molecule has 1 nitrogen and oxygen atoms in total. The zero-order chi connectivity index (χ0) is 9.68. The lowest BCUT2D eigenvalue weighted by atomic mass is 10.0. The number of hydrogen-bond acceptors (Lipinski definition) is 1. The highest BCUT2D eigenvalue weighted by atomic mass is 14.9. The van der Waals surface area contributed by atoms with Crippen LogP contribution in [0, 0.1) is 5.92 Å². The van der Waals surface area contributed by atoms with E-state index in [-0.39, 0.29) is 0 Å². The second-order valence-electron chi connectivity index (χ2n) is 4.49. The Hall–Kier alpha value is -0.300. The van der Waals surface area contributed by atoms with Crippen molar-refractivity contribution in [3.63, 3.8) is 0 Å². The lowest BCUT2D eigenvalue weighted by molar-refractivity contribution is 0.454. The first-order valence-corrected chi connectivity index (χ1v) is 5.60. The van der Waals surface area contributed by atoms with Crippen molar-refractivity contribution in [2.45, 2.75) is 52.0 Å². The predicted octanol–water partition coefficient (Wildman–Crippen LogP) is 3.12. The average molecular weight is 181 g/mol. The van der Waals surface area contributed by atoms with Crippen LogP contribution in [0.15, 0.2) is 12.2 Å². The monoisotopic (exact) mass is 181 g/mol. The number of hydrogen-bond donors (Lipinski definition) is 1. The molecule has 0 radical (unpaired) electrons. The van der Waals surface area contributed by atoms with E-state index in [1.54, 1.807) is 0 Å². The van der Waals surface area contributed by atoms with E-state index < -0.39 is 0 Å². The quantitative estimate of drug-likeness (QED) is 0.595. The van der Waals surface area contributed by atoms with Gasteiger partial charge in [-0.25, -0.2) is 0 Å². The van der Waals surface area contributed by atoms with E-state index in [1.807, 2.05) is 0 Å². The molecule has 1 unspecified atom stereocenters. The van der Waals surface area contributed by atoms with Gasteiger partial charge in [-0.1, -0.05) is 25.3 Å². The minimum absolute atomic E-state index is 0.699. The molecule has 1 rings (SSSR count). The van der Waals surface area contributed by atoms with Crippen LogP contribution in [0.1, 0.15) is 46.0 Å². The molecule has 0 spiro atoms. The van der Waals surface area contributed by atoms with Crippen LogP contribution in [0.5, 0.6) is 0 Å². The molecular formula is C12H23N. The van der Waals surface area contributed by atoms with Crippen LogP contribution in [0.4, 0.5) is 0 Å². The van der Waals surface area contributed by atoms with Crippen molar-refractivity contribution in [3.8, 4) is 0 Å². The van der Waals surface area contributed by atoms with Crippen LogP contribution in [0.2, 0.25) is 0 Å². The van der Waals surface area contributed by atoms with Crippen LogP contribution in [0.25, 0.3) is 0 Å². The standard InChI is InChI=1S/C12H23N/c1-4-7-13-12(8-10(2)3)9-11-5-6-11/h11-13H,2,4-9H2,1,3H3. The van der Waals surface area contributed by atoms with E-state index in [9.17, 15) is 0 Å². The normalized spacial score (nSPS) is 18.6. The summed E-state index contributed by atoms with van der Waals surface area (Å²) in [5.74, 6) is 1.02. The Morgan fingerprint density at radius 2 is 2.23 bits per heavy atom. The third-order valence-electron chi connectivity index (χ3n) is 2.59. The summed E-state index contributed by atoms with van der Waals surface area (Å²) in [7, 11) is 0. The molecule has 13 heavy (non-hydrogen) atoms. The van der Waals surface area contributed by atoms with Crippen LogP contribution in [-0.4, -0.2) is 12.6 Å². The highest BCUT2D eigenvalue weighted by molar-refractivity contribution is 4.94. The molecule has 0 aromatic heterocycles. The topological polar surface area (TPSA) is 12.0 Å². The van der Waals surface area contributed by atoms with Gasteiger partial charge in [-0.2, -0.15) is 0 Å². The van der Waals surface area contributed by atoms with E-state index >= 15 is 0 Å². The molecule has 0 heterocycles. The Balaban J connectivity index is 2.19. The molecule has 1 saturated carbocycles. The van der Waals surface area contributed by atoms with E-state index in [2.05, 4.69) is 25.7 Å². The van der Waals surface area contributed by atoms with Gasteiger partial charge in [0.1, 0.15) is 0 Å². The zero-order valence-electron chi connectivity index (χ0n) is 9.10. The molecule has 0 saturated heterocycles. The van der Waals surface area contributed by atoms with Crippen LogP contribution in [0.3, 0.4) is 0 Å². The van der Waals surface area contributed by atoms with Crippen molar-refractivity contribution in [3.05, 3.63) is 12.2 Å².